The number of alkyl halides is 6. The lowest BCUT2D eigenvalue weighted by Crippen LogP contribution is -2.49. The highest BCUT2D eigenvalue weighted by atomic mass is 19.4. The van der Waals surface area contributed by atoms with Crippen molar-refractivity contribution < 1.29 is 46.8 Å². The predicted molar refractivity (Wildman–Crippen MR) is 97.7 cm³/mol. The van der Waals surface area contributed by atoms with Gasteiger partial charge in [-0.2, -0.15) is 26.3 Å². The highest BCUT2D eigenvalue weighted by Gasteiger charge is 2.61. The number of hydrogen-bond donors (Lipinski definition) is 4. The summed E-state index contributed by atoms with van der Waals surface area (Å²) in [7, 11) is 0. The van der Waals surface area contributed by atoms with Crippen molar-refractivity contribution in [2.75, 3.05) is 0 Å². The maximum Gasteiger partial charge on any atom is 0.421 e. The zero-order chi connectivity index (χ0) is 24.5. The van der Waals surface area contributed by atoms with Gasteiger partial charge in [0.05, 0.1) is 11.2 Å². The molecule has 1 aromatic rings. The smallest absolute Gasteiger partial charge is 0.386 e. The zero-order valence-electron chi connectivity index (χ0n) is 18.1. The van der Waals surface area contributed by atoms with Crippen LogP contribution in [0.1, 0.15) is 74.9 Å². The zero-order valence-corrected chi connectivity index (χ0v) is 18.1. The fraction of sp³-hybridized carbons (Fsp3) is 0.700. The van der Waals surface area contributed by atoms with E-state index in [4.69, 9.17) is 0 Å². The second-order valence-corrected chi connectivity index (χ2v) is 9.01. The van der Waals surface area contributed by atoms with Gasteiger partial charge in [-0.1, -0.05) is 0 Å². The first-order valence-corrected chi connectivity index (χ1v) is 9.03. The van der Waals surface area contributed by atoms with Crippen LogP contribution >= 0.6 is 0 Å². The Morgan fingerprint density at radius 3 is 0.800 bits per heavy atom. The van der Waals surface area contributed by atoms with E-state index in [2.05, 4.69) is 0 Å². The average molecular weight is 446 g/mol. The monoisotopic (exact) mass is 446 g/mol. The van der Waals surface area contributed by atoms with Crippen LogP contribution in [-0.2, 0) is 22.4 Å². The Hall–Kier alpha value is -1.36. The normalized spacial score (nSPS) is 18.2. The molecule has 2 unspecified atom stereocenters. The standard InChI is InChI=1S/C20H28F6O4/c1-9-10(2)12(16(5,6)28)14(18(8,30)20(24,25)26)13(11(9)15(3,4)27)17(7,29)19(21,22)23/h27-30H,1-8H3. The molecule has 10 heteroatoms. The molecule has 174 valence electrons. The van der Waals surface area contributed by atoms with E-state index in [1.807, 2.05) is 0 Å². The Kier molecular flexibility index (Phi) is 6.29. The maximum atomic E-state index is 13.9. The first-order valence-electron chi connectivity index (χ1n) is 9.03. The summed E-state index contributed by atoms with van der Waals surface area (Å²) >= 11 is 0. The van der Waals surface area contributed by atoms with Crippen LogP contribution in [0.15, 0.2) is 0 Å². The molecular formula is C20H28F6O4. The third-order valence-corrected chi connectivity index (χ3v) is 5.36. The van der Waals surface area contributed by atoms with Crippen molar-refractivity contribution in [1.82, 2.24) is 0 Å². The minimum Gasteiger partial charge on any atom is -0.386 e. The van der Waals surface area contributed by atoms with Crippen LogP contribution < -0.4 is 0 Å². The number of rotatable bonds is 4. The van der Waals surface area contributed by atoms with Crippen molar-refractivity contribution >= 4 is 0 Å². The van der Waals surface area contributed by atoms with Crippen molar-refractivity contribution in [2.45, 2.75) is 90.1 Å². The summed E-state index contributed by atoms with van der Waals surface area (Å²) < 4.78 is 83.1. The number of hydrogen-bond acceptors (Lipinski definition) is 4. The molecule has 0 bridgehead atoms. The topological polar surface area (TPSA) is 80.9 Å². The van der Waals surface area contributed by atoms with Crippen molar-refractivity contribution in [2.24, 2.45) is 0 Å². The summed E-state index contributed by atoms with van der Waals surface area (Å²) in [5, 5.41) is 42.1. The molecule has 0 radical (unpaired) electrons. The molecule has 4 N–H and O–H groups in total. The van der Waals surface area contributed by atoms with E-state index in [0.717, 1.165) is 27.7 Å². The maximum absolute atomic E-state index is 13.9. The summed E-state index contributed by atoms with van der Waals surface area (Å²) in [6.45, 7) is 7.25. The number of benzene rings is 1. The van der Waals surface area contributed by atoms with E-state index in [1.54, 1.807) is 0 Å². The van der Waals surface area contributed by atoms with Crippen molar-refractivity contribution in [3.8, 4) is 0 Å². The highest BCUT2D eigenvalue weighted by Crippen LogP contribution is 2.53. The molecule has 0 fully saturated rings. The minimum atomic E-state index is -5.47. The van der Waals surface area contributed by atoms with Gasteiger partial charge in [0.25, 0.3) is 0 Å². The third kappa shape index (κ3) is 4.19. The lowest BCUT2D eigenvalue weighted by atomic mass is 9.69. The molecule has 0 heterocycles. The first-order chi connectivity index (χ1) is 12.8. The van der Waals surface area contributed by atoms with E-state index >= 15 is 0 Å². The van der Waals surface area contributed by atoms with Crippen molar-refractivity contribution in [1.29, 1.82) is 0 Å². The molecule has 0 spiro atoms. The minimum absolute atomic E-state index is 0.0547. The van der Waals surface area contributed by atoms with Gasteiger partial charge in [-0.05, 0) is 77.6 Å². The SMILES string of the molecule is Cc1c(C)c(C(C)(C)O)c(C(C)(O)C(F)(F)F)c(C(C)(O)C(F)(F)F)c1C(C)(C)O. The van der Waals surface area contributed by atoms with E-state index in [9.17, 15) is 46.8 Å². The molecule has 0 aliphatic rings. The van der Waals surface area contributed by atoms with Gasteiger partial charge in [0.1, 0.15) is 0 Å². The molecule has 4 nitrogen and oxygen atoms in total. The lowest BCUT2D eigenvalue weighted by Gasteiger charge is -2.43. The fourth-order valence-corrected chi connectivity index (χ4v) is 3.79. The van der Waals surface area contributed by atoms with Crippen LogP contribution in [0.2, 0.25) is 0 Å². The number of halogens is 6. The van der Waals surface area contributed by atoms with Crippen LogP contribution in [0.4, 0.5) is 26.3 Å². The third-order valence-electron chi connectivity index (χ3n) is 5.36. The summed E-state index contributed by atoms with van der Waals surface area (Å²) in [5.74, 6) is 0. The van der Waals surface area contributed by atoms with E-state index in [0.29, 0.717) is 0 Å². The molecule has 0 saturated carbocycles. The first kappa shape index (κ1) is 26.7. The second kappa shape index (κ2) is 7.08. The molecule has 2 atom stereocenters. The van der Waals surface area contributed by atoms with Gasteiger partial charge in [0.15, 0.2) is 11.2 Å². The van der Waals surface area contributed by atoms with Gasteiger partial charge in [-0.25, -0.2) is 0 Å². The van der Waals surface area contributed by atoms with Gasteiger partial charge in [0.2, 0.25) is 0 Å². The van der Waals surface area contributed by atoms with Crippen LogP contribution in [0.5, 0.6) is 0 Å². The van der Waals surface area contributed by atoms with Gasteiger partial charge in [0, 0.05) is 11.1 Å². The summed E-state index contributed by atoms with van der Waals surface area (Å²) in [6, 6.07) is 0. The van der Waals surface area contributed by atoms with E-state index < -0.39 is 57.0 Å². The van der Waals surface area contributed by atoms with Crippen molar-refractivity contribution in [3.63, 3.8) is 0 Å². The van der Waals surface area contributed by atoms with Crippen LogP contribution in [0.25, 0.3) is 0 Å². The summed E-state index contributed by atoms with van der Waals surface area (Å²) in [5.41, 5.74) is -16.1. The summed E-state index contributed by atoms with van der Waals surface area (Å²) in [4.78, 5) is 0. The highest BCUT2D eigenvalue weighted by molar-refractivity contribution is 5.59. The van der Waals surface area contributed by atoms with Gasteiger partial charge in [-0.15, -0.1) is 0 Å². The predicted octanol–water partition coefficient (Wildman–Crippen LogP) is 4.30. The quantitative estimate of drug-likeness (QED) is 0.520. The number of aliphatic hydroxyl groups is 4. The molecule has 0 amide bonds. The fourth-order valence-electron chi connectivity index (χ4n) is 3.79. The Bertz CT molecular complexity index is 753. The molecule has 0 aromatic heterocycles. The van der Waals surface area contributed by atoms with E-state index in [1.165, 1.54) is 13.8 Å². The Labute approximate surface area is 171 Å². The van der Waals surface area contributed by atoms with Crippen LogP contribution in [-0.4, -0.2) is 32.8 Å². The molecule has 0 saturated heterocycles. The largest absolute Gasteiger partial charge is 0.421 e. The van der Waals surface area contributed by atoms with Crippen LogP contribution in [0.3, 0.4) is 0 Å². The summed E-state index contributed by atoms with van der Waals surface area (Å²) in [6.07, 6.45) is -10.9. The van der Waals surface area contributed by atoms with Gasteiger partial charge < -0.3 is 20.4 Å². The van der Waals surface area contributed by atoms with Crippen LogP contribution in [0, 0.1) is 13.8 Å². The molecular weight excluding hydrogens is 418 g/mol. The molecule has 0 aliphatic carbocycles. The molecule has 1 aromatic carbocycles. The Balaban J connectivity index is 4.65. The lowest BCUT2D eigenvalue weighted by molar-refractivity contribution is -0.271. The molecule has 0 aliphatic heterocycles. The van der Waals surface area contributed by atoms with Gasteiger partial charge >= 0.3 is 12.4 Å². The van der Waals surface area contributed by atoms with Gasteiger partial charge in [-0.3, -0.25) is 0 Å². The molecule has 30 heavy (non-hydrogen) atoms. The Morgan fingerprint density at radius 2 is 0.667 bits per heavy atom. The molecule has 1 rings (SSSR count). The van der Waals surface area contributed by atoms with Crippen molar-refractivity contribution in [3.05, 3.63) is 33.4 Å². The average Bonchev–Trinajstić information content (AvgIpc) is 2.43. The Morgan fingerprint density at radius 1 is 0.467 bits per heavy atom. The van der Waals surface area contributed by atoms with E-state index in [-0.39, 0.29) is 25.0 Å². The second-order valence-electron chi connectivity index (χ2n) is 9.01.